The predicted octanol–water partition coefficient (Wildman–Crippen LogP) is 21.9. The highest BCUT2D eigenvalue weighted by atomic mass is 16.7. The molecule has 0 bridgehead atoms. The van der Waals surface area contributed by atoms with Crippen molar-refractivity contribution in [2.24, 2.45) is 0 Å². The molecule has 14 nitrogen and oxygen atoms in total. The van der Waals surface area contributed by atoms with E-state index in [4.69, 9.17) is 18.9 Å². The van der Waals surface area contributed by atoms with E-state index < -0.39 is 86.8 Å². The van der Waals surface area contributed by atoms with Crippen LogP contribution in [0.2, 0.25) is 0 Å². The Morgan fingerprint density at radius 1 is 0.352 bits per heavy atom. The fourth-order valence-corrected chi connectivity index (χ4v) is 15.0. The fourth-order valence-electron chi connectivity index (χ4n) is 15.0. The van der Waals surface area contributed by atoms with Crippen LogP contribution in [-0.4, -0.2) is 140 Å². The van der Waals surface area contributed by atoms with E-state index >= 15 is 0 Å². The Morgan fingerprint density at radius 3 is 1.01 bits per heavy atom. The maximum absolute atomic E-state index is 13.4. The van der Waals surface area contributed by atoms with Gasteiger partial charge in [-0.25, -0.2) is 0 Å². The van der Waals surface area contributed by atoms with Crippen molar-refractivity contribution in [3.05, 3.63) is 60.8 Å². The Bertz CT molecular complexity index is 2000. The molecule has 2 aliphatic rings. The highest BCUT2D eigenvalue weighted by Gasteiger charge is 2.51. The summed E-state index contributed by atoms with van der Waals surface area (Å²) < 4.78 is 23.0. The fraction of sp³-hybridized carbons (Fsp3) is 0.879. The number of carbonyl (C=O) groups excluding carboxylic acids is 1. The normalized spacial score (nSPS) is 21.6. The van der Waals surface area contributed by atoms with Gasteiger partial charge in [-0.05, 0) is 57.8 Å². The smallest absolute Gasteiger partial charge is 0.220 e. The molecule has 105 heavy (non-hydrogen) atoms. The largest absolute Gasteiger partial charge is 0.394 e. The molecule has 2 saturated heterocycles. The molecular weight excluding hydrogens is 1310 g/mol. The van der Waals surface area contributed by atoms with Crippen LogP contribution in [0.25, 0.3) is 0 Å². The van der Waals surface area contributed by atoms with Crippen molar-refractivity contribution in [2.45, 2.75) is 492 Å². The molecule has 0 spiro atoms. The second kappa shape index (κ2) is 74.4. The summed E-state index contributed by atoms with van der Waals surface area (Å²) in [5.41, 5.74) is 0. The van der Waals surface area contributed by atoms with E-state index in [1.54, 1.807) is 0 Å². The topological polar surface area (TPSA) is 228 Å². The lowest BCUT2D eigenvalue weighted by Crippen LogP contribution is -2.65. The zero-order valence-corrected chi connectivity index (χ0v) is 68.0. The molecule has 0 aromatic rings. The molecule has 9 N–H and O–H groups in total. The molecule has 12 atom stereocenters. The maximum Gasteiger partial charge on any atom is 0.220 e. The molecule has 2 fully saturated rings. The molecule has 0 saturated carbocycles. The minimum absolute atomic E-state index is 0.197. The lowest BCUT2D eigenvalue weighted by atomic mass is 9.97. The minimum atomic E-state index is -1.78. The summed E-state index contributed by atoms with van der Waals surface area (Å²) in [4.78, 5) is 13.4. The number of carbonyl (C=O) groups is 1. The Kier molecular flexibility index (Phi) is 70.0. The van der Waals surface area contributed by atoms with Crippen molar-refractivity contribution < 1.29 is 64.6 Å². The number of nitrogens with one attached hydrogen (secondary N) is 1. The molecule has 0 aromatic heterocycles. The van der Waals surface area contributed by atoms with Gasteiger partial charge >= 0.3 is 0 Å². The second-order valence-corrected chi connectivity index (χ2v) is 31.7. The van der Waals surface area contributed by atoms with E-state index in [2.05, 4.69) is 79.9 Å². The highest BCUT2D eigenvalue weighted by Crippen LogP contribution is 2.31. The maximum atomic E-state index is 13.4. The first-order chi connectivity index (χ1) is 51.6. The number of aliphatic hydroxyl groups excluding tert-OH is 8. The van der Waals surface area contributed by atoms with Crippen LogP contribution in [-0.2, 0) is 23.7 Å². The monoisotopic (exact) mass is 1480 g/mol. The summed E-state index contributed by atoms with van der Waals surface area (Å²) in [6.07, 6.45) is 85.8. The molecule has 1 amide bonds. The number of unbranched alkanes of at least 4 members (excludes halogenated alkanes) is 54. The van der Waals surface area contributed by atoms with Crippen molar-refractivity contribution in [1.82, 2.24) is 5.32 Å². The molecule has 2 rings (SSSR count). The van der Waals surface area contributed by atoms with Gasteiger partial charge in [0.05, 0.1) is 32.0 Å². The van der Waals surface area contributed by atoms with Crippen LogP contribution in [0.1, 0.15) is 418 Å². The highest BCUT2D eigenvalue weighted by molar-refractivity contribution is 5.76. The van der Waals surface area contributed by atoms with E-state index in [-0.39, 0.29) is 12.5 Å². The van der Waals surface area contributed by atoms with Gasteiger partial charge in [0.15, 0.2) is 12.6 Å². The van der Waals surface area contributed by atoms with Gasteiger partial charge in [-0.2, -0.15) is 0 Å². The van der Waals surface area contributed by atoms with E-state index in [9.17, 15) is 45.6 Å². The van der Waals surface area contributed by atoms with Gasteiger partial charge in [-0.1, -0.05) is 415 Å². The van der Waals surface area contributed by atoms with Crippen LogP contribution in [0.15, 0.2) is 60.8 Å². The first-order valence-corrected chi connectivity index (χ1v) is 45.0. The Balaban J connectivity index is 1.54. The molecule has 0 aromatic carbocycles. The standard InChI is InChI=1S/C91H169NO13/c1-3-5-7-9-11-13-15-17-19-21-23-25-27-29-31-33-35-36-37-38-39-40-41-42-43-44-45-47-49-51-53-55-57-59-61-63-65-67-69-71-73-75-83(96)92-79(78-102-90-88(101)86(99)89(82(77-94)104-90)105-91-87(100)85(98)84(97)81(76-93)103-91)80(95)74-72-70-68-66-64-62-60-58-56-54-52-50-48-46-34-32-30-28-26-24-22-20-18-16-14-12-10-8-6-4-2/h5,7,11,13,17,19,23,25,29,31,79-82,84-91,93-95,97-101H,3-4,6,8-10,12,14-16,18,20-22,24,26-28,30,32-78H2,1-2H3,(H,92,96)/b7-5-,13-11-,19-17-,25-23-,31-29-. The zero-order valence-electron chi connectivity index (χ0n) is 68.0. The summed E-state index contributed by atoms with van der Waals surface area (Å²) in [6.45, 7) is 2.82. The van der Waals surface area contributed by atoms with Gasteiger partial charge in [0.1, 0.15) is 48.8 Å². The lowest BCUT2D eigenvalue weighted by molar-refractivity contribution is -0.359. The molecule has 12 unspecified atom stereocenters. The van der Waals surface area contributed by atoms with Crippen molar-refractivity contribution in [1.29, 1.82) is 0 Å². The number of allylic oxidation sites excluding steroid dienone is 10. The first kappa shape index (κ1) is 98.8. The van der Waals surface area contributed by atoms with Gasteiger partial charge in [-0.15, -0.1) is 0 Å². The number of rotatable bonds is 77. The number of aliphatic hydroxyl groups is 8. The number of amides is 1. The van der Waals surface area contributed by atoms with Crippen molar-refractivity contribution in [2.75, 3.05) is 19.8 Å². The third kappa shape index (κ3) is 56.5. The van der Waals surface area contributed by atoms with Crippen LogP contribution in [0.5, 0.6) is 0 Å². The molecule has 2 heterocycles. The number of hydrogen-bond donors (Lipinski definition) is 9. The molecule has 0 aliphatic carbocycles. The van der Waals surface area contributed by atoms with E-state index in [1.165, 1.54) is 308 Å². The van der Waals surface area contributed by atoms with Crippen LogP contribution in [0, 0.1) is 0 Å². The average Bonchev–Trinajstić information content (AvgIpc) is 0.769. The lowest BCUT2D eigenvalue weighted by Gasteiger charge is -2.46. The Labute approximate surface area is 645 Å². The summed E-state index contributed by atoms with van der Waals surface area (Å²) >= 11 is 0. The number of ether oxygens (including phenoxy) is 4. The molecule has 0 radical (unpaired) electrons. The predicted molar refractivity (Wildman–Crippen MR) is 438 cm³/mol. The van der Waals surface area contributed by atoms with Crippen LogP contribution >= 0.6 is 0 Å². The van der Waals surface area contributed by atoms with Gasteiger partial charge in [0.25, 0.3) is 0 Å². The molecule has 14 heteroatoms. The van der Waals surface area contributed by atoms with Gasteiger partial charge < -0.3 is 65.1 Å². The van der Waals surface area contributed by atoms with Crippen LogP contribution in [0.4, 0.5) is 0 Å². The quantitative estimate of drug-likeness (QED) is 0.0204. The Morgan fingerprint density at radius 2 is 0.657 bits per heavy atom. The van der Waals surface area contributed by atoms with Crippen LogP contribution < -0.4 is 5.32 Å². The third-order valence-corrected chi connectivity index (χ3v) is 22.0. The summed E-state index contributed by atoms with van der Waals surface area (Å²) in [5, 5.41) is 88.1. The molecular formula is C91H169NO13. The summed E-state index contributed by atoms with van der Waals surface area (Å²) in [5.74, 6) is -0.197. The van der Waals surface area contributed by atoms with E-state index in [1.807, 2.05) is 0 Å². The van der Waals surface area contributed by atoms with Crippen LogP contribution in [0.3, 0.4) is 0 Å². The molecule has 2 aliphatic heterocycles. The van der Waals surface area contributed by atoms with E-state index in [0.717, 1.165) is 83.5 Å². The van der Waals surface area contributed by atoms with Crippen molar-refractivity contribution in [3.63, 3.8) is 0 Å². The minimum Gasteiger partial charge on any atom is -0.394 e. The SMILES string of the molecule is CC/C=C\C/C=C\C/C=C\C/C=C\C/C=C\CCCCCCCCCCCCCCCCCCCCCCCCCCCC(=O)NC(COC1OC(CO)C(OC2OC(CO)C(O)C(O)C2O)C(O)C1O)C(O)CCCCCCCCCCCCCCCCCCCCCCCCCCCCCCCC. The molecule has 616 valence electrons. The second-order valence-electron chi connectivity index (χ2n) is 31.7. The summed E-state index contributed by atoms with van der Waals surface area (Å²) in [7, 11) is 0. The first-order valence-electron chi connectivity index (χ1n) is 45.0. The average molecular weight is 1490 g/mol. The van der Waals surface area contributed by atoms with E-state index in [0.29, 0.717) is 12.8 Å². The number of hydrogen-bond acceptors (Lipinski definition) is 13. The van der Waals surface area contributed by atoms with Gasteiger partial charge in [-0.3, -0.25) is 4.79 Å². The zero-order chi connectivity index (χ0) is 75.8. The van der Waals surface area contributed by atoms with Crippen molar-refractivity contribution >= 4 is 5.91 Å². The Hall–Kier alpha value is -2.31. The third-order valence-electron chi connectivity index (χ3n) is 22.0. The van der Waals surface area contributed by atoms with Crippen molar-refractivity contribution in [3.8, 4) is 0 Å². The summed E-state index contributed by atoms with van der Waals surface area (Å²) in [6, 6.07) is -0.830. The van der Waals surface area contributed by atoms with Gasteiger partial charge in [0, 0.05) is 6.42 Å². The van der Waals surface area contributed by atoms with Gasteiger partial charge in [0.2, 0.25) is 5.91 Å².